The lowest BCUT2D eigenvalue weighted by Gasteiger charge is -2.36. The third-order valence-electron chi connectivity index (χ3n) is 3.93. The second-order valence-corrected chi connectivity index (χ2v) is 5.75. The maximum atomic E-state index is 13.0. The molecule has 1 aromatic carbocycles. The zero-order valence-electron chi connectivity index (χ0n) is 12.1. The molecule has 0 amide bonds. The van der Waals surface area contributed by atoms with E-state index < -0.39 is 0 Å². The van der Waals surface area contributed by atoms with E-state index in [1.54, 1.807) is 0 Å². The van der Waals surface area contributed by atoms with Gasteiger partial charge in [-0.1, -0.05) is 0 Å². The summed E-state index contributed by atoms with van der Waals surface area (Å²) in [5.74, 6) is -0.184. The van der Waals surface area contributed by atoms with Crippen molar-refractivity contribution >= 4 is 17.9 Å². The Balaban J connectivity index is 1.59. The summed E-state index contributed by atoms with van der Waals surface area (Å²) in [5, 5.41) is 0. The normalized spacial score (nSPS) is 16.4. The van der Waals surface area contributed by atoms with Gasteiger partial charge in [-0.25, -0.2) is 4.39 Å². The molecule has 4 nitrogen and oxygen atoms in total. The Kier molecular flexibility index (Phi) is 4.07. The molecule has 0 bridgehead atoms. The fourth-order valence-corrected chi connectivity index (χ4v) is 2.81. The van der Waals surface area contributed by atoms with Gasteiger partial charge in [0.2, 0.25) is 0 Å². The highest BCUT2D eigenvalue weighted by Gasteiger charge is 2.17. The van der Waals surface area contributed by atoms with Crippen molar-refractivity contribution in [2.75, 3.05) is 31.1 Å². The fraction of sp³-hybridized carbons (Fsp3) is 0.400. The fourth-order valence-electron chi connectivity index (χ4n) is 2.63. The van der Waals surface area contributed by atoms with E-state index in [-0.39, 0.29) is 5.82 Å². The smallest absolute Gasteiger partial charge is 0.180 e. The first kappa shape index (κ1) is 14.3. The molecule has 0 aliphatic carbocycles. The number of hydrogen-bond acceptors (Lipinski definition) is 3. The first-order chi connectivity index (χ1) is 10.1. The standard InChI is InChI=1S/C15H19FN4S/c1-17-6-9-20(15(17)21)12-18-7-10-19(11-8-18)14-4-2-13(16)3-5-14/h2-6,9H,7-8,10-12H2,1H3. The summed E-state index contributed by atoms with van der Waals surface area (Å²) < 4.78 is 17.8. The lowest BCUT2D eigenvalue weighted by Crippen LogP contribution is -2.46. The third-order valence-corrected chi connectivity index (χ3v) is 4.46. The Morgan fingerprint density at radius 2 is 1.71 bits per heavy atom. The summed E-state index contributed by atoms with van der Waals surface area (Å²) in [6.45, 7) is 4.69. The van der Waals surface area contributed by atoms with E-state index in [1.807, 2.05) is 36.1 Å². The van der Waals surface area contributed by atoms with E-state index in [4.69, 9.17) is 12.2 Å². The maximum Gasteiger partial charge on any atom is 0.180 e. The van der Waals surface area contributed by atoms with Gasteiger partial charge in [-0.05, 0) is 36.5 Å². The molecule has 2 heterocycles. The largest absolute Gasteiger partial charge is 0.369 e. The van der Waals surface area contributed by atoms with E-state index in [1.165, 1.54) is 12.1 Å². The first-order valence-corrected chi connectivity index (χ1v) is 7.49. The van der Waals surface area contributed by atoms with E-state index in [0.29, 0.717) is 0 Å². The minimum absolute atomic E-state index is 0.184. The monoisotopic (exact) mass is 306 g/mol. The Bertz CT molecular complexity index is 653. The molecule has 21 heavy (non-hydrogen) atoms. The molecule has 1 saturated heterocycles. The van der Waals surface area contributed by atoms with Gasteiger partial charge in [0.05, 0.1) is 6.67 Å². The van der Waals surface area contributed by atoms with Crippen LogP contribution < -0.4 is 4.90 Å². The molecule has 6 heteroatoms. The summed E-state index contributed by atoms with van der Waals surface area (Å²) in [6, 6.07) is 6.73. The molecule has 2 aromatic rings. The SMILES string of the molecule is Cn1ccn(CN2CCN(c3ccc(F)cc3)CC2)c1=S. The van der Waals surface area contributed by atoms with Crippen LogP contribution >= 0.6 is 12.2 Å². The molecule has 1 aromatic heterocycles. The number of imidazole rings is 1. The number of rotatable bonds is 3. The van der Waals surface area contributed by atoms with Crippen LogP contribution in [0.2, 0.25) is 0 Å². The van der Waals surface area contributed by atoms with Crippen molar-refractivity contribution in [1.82, 2.24) is 14.0 Å². The van der Waals surface area contributed by atoms with Gasteiger partial charge in [0.15, 0.2) is 4.77 Å². The van der Waals surface area contributed by atoms with E-state index in [2.05, 4.69) is 14.4 Å². The van der Waals surface area contributed by atoms with Gasteiger partial charge in [-0.2, -0.15) is 0 Å². The highest BCUT2D eigenvalue weighted by Crippen LogP contribution is 2.17. The first-order valence-electron chi connectivity index (χ1n) is 7.08. The van der Waals surface area contributed by atoms with Crippen molar-refractivity contribution in [1.29, 1.82) is 0 Å². The average Bonchev–Trinajstić information content (AvgIpc) is 2.81. The molecule has 1 fully saturated rings. The minimum Gasteiger partial charge on any atom is -0.369 e. The molecular formula is C15H19FN4S. The van der Waals surface area contributed by atoms with Crippen LogP contribution in [-0.2, 0) is 13.7 Å². The Morgan fingerprint density at radius 3 is 2.29 bits per heavy atom. The molecule has 0 saturated carbocycles. The van der Waals surface area contributed by atoms with E-state index >= 15 is 0 Å². The molecule has 0 radical (unpaired) electrons. The van der Waals surface area contributed by atoms with Crippen molar-refractivity contribution in [2.45, 2.75) is 6.67 Å². The van der Waals surface area contributed by atoms with Gasteiger partial charge in [-0.3, -0.25) is 4.90 Å². The molecule has 0 spiro atoms. The van der Waals surface area contributed by atoms with Crippen molar-refractivity contribution in [3.8, 4) is 0 Å². The molecule has 112 valence electrons. The number of piperazine rings is 1. The van der Waals surface area contributed by atoms with Gasteiger partial charge < -0.3 is 14.0 Å². The van der Waals surface area contributed by atoms with Gasteiger partial charge >= 0.3 is 0 Å². The Morgan fingerprint density at radius 1 is 1.05 bits per heavy atom. The number of benzene rings is 1. The third kappa shape index (κ3) is 3.16. The quantitative estimate of drug-likeness (QED) is 0.811. The number of nitrogens with zero attached hydrogens (tertiary/aromatic N) is 4. The predicted octanol–water partition coefficient (Wildman–Crippen LogP) is 2.47. The summed E-state index contributed by atoms with van der Waals surface area (Å²) in [6.07, 6.45) is 4.01. The van der Waals surface area contributed by atoms with Crippen molar-refractivity contribution in [3.63, 3.8) is 0 Å². The molecule has 1 aliphatic rings. The summed E-state index contributed by atoms with van der Waals surface area (Å²) in [5.41, 5.74) is 1.09. The minimum atomic E-state index is -0.184. The molecule has 1 aliphatic heterocycles. The van der Waals surface area contributed by atoms with Crippen LogP contribution in [-0.4, -0.2) is 40.2 Å². The lowest BCUT2D eigenvalue weighted by atomic mass is 10.2. The lowest BCUT2D eigenvalue weighted by molar-refractivity contribution is 0.204. The maximum absolute atomic E-state index is 13.0. The van der Waals surface area contributed by atoms with Crippen LogP contribution in [0, 0.1) is 10.6 Å². The van der Waals surface area contributed by atoms with Crippen molar-refractivity contribution < 1.29 is 4.39 Å². The number of aromatic nitrogens is 2. The summed E-state index contributed by atoms with van der Waals surface area (Å²) >= 11 is 5.36. The topological polar surface area (TPSA) is 16.3 Å². The predicted molar refractivity (Wildman–Crippen MR) is 84.4 cm³/mol. The molecule has 0 unspecified atom stereocenters. The second-order valence-electron chi connectivity index (χ2n) is 5.38. The zero-order chi connectivity index (χ0) is 14.8. The van der Waals surface area contributed by atoms with Gasteiger partial charge in [-0.15, -0.1) is 0 Å². The second kappa shape index (κ2) is 5.99. The van der Waals surface area contributed by atoms with Crippen LogP contribution in [0.3, 0.4) is 0 Å². The molecule has 3 rings (SSSR count). The van der Waals surface area contributed by atoms with Gasteiger partial charge in [0.25, 0.3) is 0 Å². The molecule has 0 N–H and O–H groups in total. The highest BCUT2D eigenvalue weighted by molar-refractivity contribution is 7.71. The molecule has 0 atom stereocenters. The summed E-state index contributed by atoms with van der Waals surface area (Å²) in [4.78, 5) is 4.68. The molecular weight excluding hydrogens is 287 g/mol. The number of halogens is 1. The van der Waals surface area contributed by atoms with Crippen LogP contribution in [0.1, 0.15) is 0 Å². The summed E-state index contributed by atoms with van der Waals surface area (Å²) in [7, 11) is 1.96. The van der Waals surface area contributed by atoms with Crippen LogP contribution in [0.4, 0.5) is 10.1 Å². The average molecular weight is 306 g/mol. The van der Waals surface area contributed by atoms with Crippen LogP contribution in [0.15, 0.2) is 36.7 Å². The van der Waals surface area contributed by atoms with Gasteiger partial charge in [0.1, 0.15) is 5.82 Å². The van der Waals surface area contributed by atoms with Crippen LogP contribution in [0.25, 0.3) is 0 Å². The Labute approximate surface area is 129 Å². The number of aryl methyl sites for hydroxylation is 1. The number of hydrogen-bond donors (Lipinski definition) is 0. The Hall–Kier alpha value is -1.66. The van der Waals surface area contributed by atoms with Crippen molar-refractivity contribution in [2.24, 2.45) is 7.05 Å². The van der Waals surface area contributed by atoms with E-state index in [9.17, 15) is 4.39 Å². The van der Waals surface area contributed by atoms with Gasteiger partial charge in [0, 0.05) is 51.3 Å². The highest BCUT2D eigenvalue weighted by atomic mass is 32.1. The van der Waals surface area contributed by atoms with Crippen molar-refractivity contribution in [3.05, 3.63) is 47.2 Å². The van der Waals surface area contributed by atoms with Crippen LogP contribution in [0.5, 0.6) is 0 Å². The number of anilines is 1. The zero-order valence-corrected chi connectivity index (χ0v) is 12.9. The van der Waals surface area contributed by atoms with E-state index in [0.717, 1.165) is 43.3 Å².